The first-order valence-corrected chi connectivity index (χ1v) is 14.9. The van der Waals surface area contributed by atoms with Crippen LogP contribution < -0.4 is 0 Å². The average Bonchev–Trinajstić information content (AvgIpc) is 2.78. The Balaban J connectivity index is 4.20. The SMILES string of the molecule is CCCCCCS(=O)(=O)N(CCCCCCCCCC#N)CCCCCCCCCC#N. The van der Waals surface area contributed by atoms with Crippen LogP contribution in [0.3, 0.4) is 0 Å². The Morgan fingerprint density at radius 1 is 0.562 bits per heavy atom. The standard InChI is InChI=1S/C26H49N3O2S/c1-2-3-4-21-26-32(30,31)29(24-19-15-11-7-5-9-13-17-22-27)25-20-16-12-8-6-10-14-18-23-28/h2-21,24-26H2,1H3. The van der Waals surface area contributed by atoms with E-state index in [9.17, 15) is 8.42 Å². The third kappa shape index (κ3) is 19.6. The van der Waals surface area contributed by atoms with Crippen LogP contribution in [0, 0.1) is 22.7 Å². The number of nitrogens with zero attached hydrogens (tertiary/aromatic N) is 3. The zero-order valence-corrected chi connectivity index (χ0v) is 21.6. The van der Waals surface area contributed by atoms with Gasteiger partial charge < -0.3 is 0 Å². The molecule has 6 heteroatoms. The van der Waals surface area contributed by atoms with Gasteiger partial charge in [-0.1, -0.05) is 90.4 Å². The van der Waals surface area contributed by atoms with Crippen LogP contribution in [0.15, 0.2) is 0 Å². The molecule has 0 aromatic carbocycles. The van der Waals surface area contributed by atoms with E-state index in [1.165, 1.54) is 25.7 Å². The van der Waals surface area contributed by atoms with Crippen LogP contribution in [0.5, 0.6) is 0 Å². The van der Waals surface area contributed by atoms with Crippen molar-refractivity contribution in [1.29, 1.82) is 10.5 Å². The van der Waals surface area contributed by atoms with Gasteiger partial charge in [-0.15, -0.1) is 0 Å². The molecule has 0 N–H and O–H groups in total. The van der Waals surface area contributed by atoms with E-state index < -0.39 is 10.0 Å². The summed E-state index contributed by atoms with van der Waals surface area (Å²) in [4.78, 5) is 0. The van der Waals surface area contributed by atoms with Crippen molar-refractivity contribution in [2.45, 2.75) is 135 Å². The Kier molecular flexibility index (Phi) is 22.3. The van der Waals surface area contributed by atoms with Crippen molar-refractivity contribution in [3.63, 3.8) is 0 Å². The highest BCUT2D eigenvalue weighted by atomic mass is 32.2. The molecule has 0 saturated carbocycles. The maximum Gasteiger partial charge on any atom is 0.214 e. The fraction of sp³-hybridized carbons (Fsp3) is 0.923. The van der Waals surface area contributed by atoms with E-state index in [1.54, 1.807) is 4.31 Å². The molecule has 0 aliphatic carbocycles. The lowest BCUT2D eigenvalue weighted by atomic mass is 10.1. The molecule has 0 rings (SSSR count). The van der Waals surface area contributed by atoms with Crippen molar-refractivity contribution in [2.75, 3.05) is 18.8 Å². The molecule has 32 heavy (non-hydrogen) atoms. The van der Waals surface area contributed by atoms with Gasteiger partial charge >= 0.3 is 0 Å². The van der Waals surface area contributed by atoms with E-state index in [0.717, 1.165) is 89.9 Å². The summed E-state index contributed by atoms with van der Waals surface area (Å²) in [7, 11) is -3.15. The van der Waals surface area contributed by atoms with Gasteiger partial charge in [0.2, 0.25) is 10.0 Å². The summed E-state index contributed by atoms with van der Waals surface area (Å²) >= 11 is 0. The molecule has 0 spiro atoms. The van der Waals surface area contributed by atoms with Crippen molar-refractivity contribution < 1.29 is 8.42 Å². The van der Waals surface area contributed by atoms with E-state index in [4.69, 9.17) is 10.5 Å². The van der Waals surface area contributed by atoms with Gasteiger partial charge in [0, 0.05) is 25.9 Å². The van der Waals surface area contributed by atoms with E-state index >= 15 is 0 Å². The van der Waals surface area contributed by atoms with Crippen LogP contribution in [0.1, 0.15) is 135 Å². The Labute approximate surface area is 199 Å². The number of unbranched alkanes of at least 4 members (excludes halogenated alkanes) is 17. The first-order chi connectivity index (χ1) is 15.6. The summed E-state index contributed by atoms with van der Waals surface area (Å²) in [6, 6.07) is 4.38. The zero-order valence-electron chi connectivity index (χ0n) is 20.8. The maximum absolute atomic E-state index is 12.9. The summed E-state index contributed by atoms with van der Waals surface area (Å²) in [6.07, 6.45) is 20.7. The number of nitriles is 2. The van der Waals surface area contributed by atoms with Crippen LogP contribution in [-0.4, -0.2) is 31.6 Å². The fourth-order valence-electron chi connectivity index (χ4n) is 3.98. The normalized spacial score (nSPS) is 11.5. The van der Waals surface area contributed by atoms with E-state index in [0.29, 0.717) is 31.7 Å². The molecule has 186 valence electrons. The minimum Gasteiger partial charge on any atom is -0.212 e. The number of hydrogen-bond donors (Lipinski definition) is 0. The van der Waals surface area contributed by atoms with Crippen LogP contribution in [0.25, 0.3) is 0 Å². The Hall–Kier alpha value is -1.11. The second-order valence-corrected chi connectivity index (χ2v) is 11.1. The number of rotatable bonds is 24. The summed E-state index contributed by atoms with van der Waals surface area (Å²) in [5.41, 5.74) is 0. The van der Waals surface area contributed by atoms with Gasteiger partial charge in [-0.3, -0.25) is 0 Å². The first kappa shape index (κ1) is 30.9. The molecule has 0 aromatic rings. The monoisotopic (exact) mass is 467 g/mol. The molecule has 0 bridgehead atoms. The highest BCUT2D eigenvalue weighted by molar-refractivity contribution is 7.89. The van der Waals surface area contributed by atoms with Gasteiger partial charge in [-0.2, -0.15) is 10.5 Å². The molecule has 0 aliphatic rings. The molecule has 0 aromatic heterocycles. The van der Waals surface area contributed by atoms with Gasteiger partial charge in [-0.05, 0) is 32.1 Å². The Bertz CT molecular complexity index is 561. The zero-order chi connectivity index (χ0) is 23.8. The number of sulfonamides is 1. The molecule has 0 fully saturated rings. The number of hydrogen-bond acceptors (Lipinski definition) is 4. The highest BCUT2D eigenvalue weighted by Crippen LogP contribution is 2.15. The molecular formula is C26H49N3O2S. The average molecular weight is 468 g/mol. The quantitative estimate of drug-likeness (QED) is 0.138. The molecule has 0 heterocycles. The highest BCUT2D eigenvalue weighted by Gasteiger charge is 2.20. The molecule has 5 nitrogen and oxygen atoms in total. The Morgan fingerprint density at radius 3 is 1.34 bits per heavy atom. The van der Waals surface area contributed by atoms with Crippen molar-refractivity contribution in [3.05, 3.63) is 0 Å². The van der Waals surface area contributed by atoms with Gasteiger partial charge in [0.05, 0.1) is 17.9 Å². The van der Waals surface area contributed by atoms with Gasteiger partial charge in [0.15, 0.2) is 0 Å². The van der Waals surface area contributed by atoms with Gasteiger partial charge in [-0.25, -0.2) is 12.7 Å². The third-order valence-electron chi connectivity index (χ3n) is 6.04. The van der Waals surface area contributed by atoms with Crippen molar-refractivity contribution in [3.8, 4) is 12.1 Å². The summed E-state index contributed by atoms with van der Waals surface area (Å²) in [5.74, 6) is 0.296. The topological polar surface area (TPSA) is 85.0 Å². The van der Waals surface area contributed by atoms with Crippen molar-refractivity contribution >= 4 is 10.0 Å². The lowest BCUT2D eigenvalue weighted by Crippen LogP contribution is -2.35. The summed E-state index contributed by atoms with van der Waals surface area (Å²) < 4.78 is 27.6. The molecule has 0 unspecified atom stereocenters. The van der Waals surface area contributed by atoms with Crippen LogP contribution in [0.2, 0.25) is 0 Å². The van der Waals surface area contributed by atoms with E-state index in [1.807, 2.05) is 0 Å². The second-order valence-electron chi connectivity index (χ2n) is 9.04. The minimum absolute atomic E-state index is 0.296. The lowest BCUT2D eigenvalue weighted by Gasteiger charge is -2.22. The van der Waals surface area contributed by atoms with Crippen LogP contribution in [-0.2, 0) is 10.0 Å². The predicted octanol–water partition coefficient (Wildman–Crippen LogP) is 7.49. The molecule has 0 atom stereocenters. The largest absolute Gasteiger partial charge is 0.214 e. The summed E-state index contributed by atoms with van der Waals surface area (Å²) in [5, 5.41) is 17.1. The second kappa shape index (κ2) is 23.1. The molecule has 0 radical (unpaired) electrons. The minimum atomic E-state index is -3.15. The van der Waals surface area contributed by atoms with E-state index in [-0.39, 0.29) is 0 Å². The van der Waals surface area contributed by atoms with Crippen molar-refractivity contribution in [1.82, 2.24) is 4.31 Å². The molecular weight excluding hydrogens is 418 g/mol. The van der Waals surface area contributed by atoms with Crippen molar-refractivity contribution in [2.24, 2.45) is 0 Å². The molecule has 0 saturated heterocycles. The maximum atomic E-state index is 12.9. The van der Waals surface area contributed by atoms with Gasteiger partial charge in [0.1, 0.15) is 0 Å². The Morgan fingerprint density at radius 2 is 0.938 bits per heavy atom. The molecule has 0 aliphatic heterocycles. The van der Waals surface area contributed by atoms with E-state index in [2.05, 4.69) is 19.1 Å². The van der Waals surface area contributed by atoms with Crippen LogP contribution in [0.4, 0.5) is 0 Å². The molecule has 0 amide bonds. The lowest BCUT2D eigenvalue weighted by molar-refractivity contribution is 0.382. The summed E-state index contributed by atoms with van der Waals surface area (Å²) in [6.45, 7) is 3.48. The first-order valence-electron chi connectivity index (χ1n) is 13.3. The smallest absolute Gasteiger partial charge is 0.212 e. The third-order valence-corrected chi connectivity index (χ3v) is 8.00. The van der Waals surface area contributed by atoms with Gasteiger partial charge in [0.25, 0.3) is 0 Å². The predicted molar refractivity (Wildman–Crippen MR) is 135 cm³/mol. The fourth-order valence-corrected chi connectivity index (χ4v) is 5.62. The van der Waals surface area contributed by atoms with Crippen LogP contribution >= 0.6 is 0 Å².